The predicted octanol–water partition coefficient (Wildman–Crippen LogP) is 2.27. The zero-order valence-electron chi connectivity index (χ0n) is 8.93. The largest absolute Gasteiger partial charge is 0.273 e. The van der Waals surface area contributed by atoms with Crippen LogP contribution in [-0.2, 0) is 9.63 Å². The number of amides is 1. The summed E-state index contributed by atoms with van der Waals surface area (Å²) in [6.07, 6.45) is 4.08. The van der Waals surface area contributed by atoms with Crippen molar-refractivity contribution in [1.29, 1.82) is 0 Å². The van der Waals surface area contributed by atoms with Crippen molar-refractivity contribution in [3.63, 3.8) is 0 Å². The molecule has 1 amide bonds. The van der Waals surface area contributed by atoms with Crippen LogP contribution >= 0.6 is 0 Å². The molecule has 0 aromatic heterocycles. The zero-order chi connectivity index (χ0) is 10.1. The van der Waals surface area contributed by atoms with Gasteiger partial charge in [0.25, 0.3) is 0 Å². The molecule has 0 aliphatic carbocycles. The Morgan fingerprint density at radius 2 is 2.15 bits per heavy atom. The van der Waals surface area contributed by atoms with Crippen molar-refractivity contribution in [3.8, 4) is 0 Å². The van der Waals surface area contributed by atoms with Crippen LogP contribution in [0.15, 0.2) is 0 Å². The lowest BCUT2D eigenvalue weighted by atomic mass is 10.1. The van der Waals surface area contributed by atoms with E-state index in [0.29, 0.717) is 18.9 Å². The molecule has 0 heterocycles. The molecule has 0 aromatic carbocycles. The summed E-state index contributed by atoms with van der Waals surface area (Å²) in [5.74, 6) is 0.472. The Morgan fingerprint density at radius 3 is 2.69 bits per heavy atom. The van der Waals surface area contributed by atoms with Crippen LogP contribution in [0.5, 0.6) is 0 Å². The number of carbonyl (C=O) groups excluding carboxylic acids is 1. The third kappa shape index (κ3) is 7.78. The smallest absolute Gasteiger partial charge is 0.243 e. The molecule has 1 atom stereocenters. The second kappa shape index (κ2) is 8.05. The van der Waals surface area contributed by atoms with Crippen LogP contribution in [0, 0.1) is 5.92 Å². The van der Waals surface area contributed by atoms with E-state index >= 15 is 0 Å². The zero-order valence-corrected chi connectivity index (χ0v) is 8.93. The molecule has 0 spiro atoms. The van der Waals surface area contributed by atoms with Gasteiger partial charge in [0.2, 0.25) is 5.91 Å². The molecule has 0 radical (unpaired) electrons. The Balaban J connectivity index is 3.26. The molecular formula is C10H21NO2. The van der Waals surface area contributed by atoms with Gasteiger partial charge in [-0.05, 0) is 12.3 Å². The Morgan fingerprint density at radius 1 is 1.46 bits per heavy atom. The number of nitrogens with one attached hydrogen (secondary N) is 1. The number of unbranched alkanes of at least 4 members (excludes halogenated alkanes) is 1. The maximum absolute atomic E-state index is 10.8. The Labute approximate surface area is 80.8 Å². The molecule has 0 aliphatic heterocycles. The highest BCUT2D eigenvalue weighted by Gasteiger charge is 2.02. The number of hydrogen-bond donors (Lipinski definition) is 1. The molecule has 0 fully saturated rings. The van der Waals surface area contributed by atoms with E-state index in [2.05, 4.69) is 19.3 Å². The summed E-state index contributed by atoms with van der Waals surface area (Å²) >= 11 is 0. The highest BCUT2D eigenvalue weighted by molar-refractivity contribution is 5.74. The summed E-state index contributed by atoms with van der Waals surface area (Å²) in [5.41, 5.74) is 2.40. The Kier molecular flexibility index (Phi) is 7.69. The van der Waals surface area contributed by atoms with Gasteiger partial charge in [0.05, 0.1) is 6.61 Å². The van der Waals surface area contributed by atoms with Gasteiger partial charge < -0.3 is 0 Å². The van der Waals surface area contributed by atoms with Crippen LogP contribution in [-0.4, -0.2) is 12.5 Å². The van der Waals surface area contributed by atoms with E-state index in [-0.39, 0.29) is 5.91 Å². The molecule has 3 nitrogen and oxygen atoms in total. The van der Waals surface area contributed by atoms with E-state index in [1.807, 2.05) is 0 Å². The van der Waals surface area contributed by atoms with Gasteiger partial charge in [-0.2, -0.15) is 0 Å². The molecule has 0 saturated carbocycles. The fourth-order valence-electron chi connectivity index (χ4n) is 0.973. The molecule has 0 aromatic rings. The molecule has 0 bridgehead atoms. The first-order valence-electron chi connectivity index (χ1n) is 5.11. The van der Waals surface area contributed by atoms with Crippen molar-refractivity contribution in [3.05, 3.63) is 0 Å². The van der Waals surface area contributed by atoms with Gasteiger partial charge in [-0.25, -0.2) is 5.48 Å². The van der Waals surface area contributed by atoms with Gasteiger partial charge in [0.15, 0.2) is 0 Å². The number of carbonyl (C=O) groups is 1. The third-order valence-corrected chi connectivity index (χ3v) is 1.93. The molecule has 0 aliphatic rings. The van der Waals surface area contributed by atoms with Crippen molar-refractivity contribution in [2.24, 2.45) is 5.92 Å². The van der Waals surface area contributed by atoms with Crippen molar-refractivity contribution in [1.82, 2.24) is 5.48 Å². The molecular weight excluding hydrogens is 166 g/mol. The molecule has 0 saturated heterocycles. The molecule has 3 heteroatoms. The highest BCUT2D eigenvalue weighted by atomic mass is 16.6. The first-order valence-corrected chi connectivity index (χ1v) is 5.11. The van der Waals surface area contributed by atoms with Gasteiger partial charge in [-0.3, -0.25) is 9.63 Å². The van der Waals surface area contributed by atoms with Gasteiger partial charge in [-0.15, -0.1) is 0 Å². The summed E-state index contributed by atoms with van der Waals surface area (Å²) in [7, 11) is 0. The van der Waals surface area contributed by atoms with E-state index in [1.165, 1.54) is 19.3 Å². The Bertz CT molecular complexity index is 137. The fraction of sp³-hybridized carbons (Fsp3) is 0.900. The molecule has 78 valence electrons. The first-order chi connectivity index (χ1) is 6.20. The minimum Gasteiger partial charge on any atom is -0.273 e. The van der Waals surface area contributed by atoms with Gasteiger partial charge in [0, 0.05) is 6.42 Å². The SMILES string of the molecule is CCCCC(C)CONC(=O)CC. The average molecular weight is 187 g/mol. The van der Waals surface area contributed by atoms with Crippen molar-refractivity contribution in [2.75, 3.05) is 6.61 Å². The summed E-state index contributed by atoms with van der Waals surface area (Å²) < 4.78 is 0. The number of hydroxylamine groups is 1. The lowest BCUT2D eigenvalue weighted by Gasteiger charge is -2.10. The van der Waals surface area contributed by atoms with Gasteiger partial charge in [0.1, 0.15) is 0 Å². The number of rotatable bonds is 7. The maximum Gasteiger partial charge on any atom is 0.243 e. The topological polar surface area (TPSA) is 38.3 Å². The fourth-order valence-corrected chi connectivity index (χ4v) is 0.973. The summed E-state index contributed by atoms with van der Waals surface area (Å²) in [5, 5.41) is 0. The second-order valence-electron chi connectivity index (χ2n) is 3.44. The lowest BCUT2D eigenvalue weighted by Crippen LogP contribution is -2.25. The summed E-state index contributed by atoms with van der Waals surface area (Å²) in [4.78, 5) is 15.8. The van der Waals surface area contributed by atoms with Crippen LogP contribution in [0.1, 0.15) is 46.5 Å². The molecule has 0 rings (SSSR count). The third-order valence-electron chi connectivity index (χ3n) is 1.93. The van der Waals surface area contributed by atoms with Crippen LogP contribution in [0.3, 0.4) is 0 Å². The molecule has 1 N–H and O–H groups in total. The van der Waals surface area contributed by atoms with Gasteiger partial charge >= 0.3 is 0 Å². The quantitative estimate of drug-likeness (QED) is 0.621. The van der Waals surface area contributed by atoms with Crippen LogP contribution in [0.2, 0.25) is 0 Å². The van der Waals surface area contributed by atoms with Crippen LogP contribution in [0.25, 0.3) is 0 Å². The minimum absolute atomic E-state index is 0.0531. The maximum atomic E-state index is 10.8. The van der Waals surface area contributed by atoms with Gasteiger partial charge in [-0.1, -0.05) is 33.6 Å². The van der Waals surface area contributed by atoms with E-state index < -0.39 is 0 Å². The highest BCUT2D eigenvalue weighted by Crippen LogP contribution is 2.06. The summed E-state index contributed by atoms with van der Waals surface area (Å²) in [6.45, 7) is 6.73. The number of hydrogen-bond acceptors (Lipinski definition) is 2. The van der Waals surface area contributed by atoms with E-state index in [0.717, 1.165) is 0 Å². The standard InChI is InChI=1S/C10H21NO2/c1-4-6-7-9(3)8-13-11-10(12)5-2/h9H,4-8H2,1-3H3,(H,11,12). The van der Waals surface area contributed by atoms with Crippen molar-refractivity contribution in [2.45, 2.75) is 46.5 Å². The molecule has 13 heavy (non-hydrogen) atoms. The van der Waals surface area contributed by atoms with Crippen molar-refractivity contribution < 1.29 is 9.63 Å². The predicted molar refractivity (Wildman–Crippen MR) is 53.1 cm³/mol. The molecule has 1 unspecified atom stereocenters. The monoisotopic (exact) mass is 187 g/mol. The second-order valence-corrected chi connectivity index (χ2v) is 3.44. The minimum atomic E-state index is -0.0531. The summed E-state index contributed by atoms with van der Waals surface area (Å²) in [6, 6.07) is 0. The Hall–Kier alpha value is -0.570. The van der Waals surface area contributed by atoms with Crippen molar-refractivity contribution >= 4 is 5.91 Å². The average Bonchev–Trinajstić information content (AvgIpc) is 2.14. The normalized spacial score (nSPS) is 12.5. The van der Waals surface area contributed by atoms with E-state index in [1.54, 1.807) is 6.92 Å². The van der Waals surface area contributed by atoms with E-state index in [4.69, 9.17) is 4.84 Å². The van der Waals surface area contributed by atoms with Crippen LogP contribution < -0.4 is 5.48 Å². The first kappa shape index (κ1) is 12.4. The van der Waals surface area contributed by atoms with E-state index in [9.17, 15) is 4.79 Å². The van der Waals surface area contributed by atoms with Crippen LogP contribution in [0.4, 0.5) is 0 Å². The lowest BCUT2D eigenvalue weighted by molar-refractivity contribution is -0.134.